The van der Waals surface area contributed by atoms with Gasteiger partial charge in [-0.15, -0.1) is 0 Å². The molecule has 0 amide bonds. The van der Waals surface area contributed by atoms with Gasteiger partial charge in [-0.05, 0) is 67.8 Å². The summed E-state index contributed by atoms with van der Waals surface area (Å²) in [4.78, 5) is 0.0505. The lowest BCUT2D eigenvalue weighted by Crippen LogP contribution is -2.15. The van der Waals surface area contributed by atoms with Gasteiger partial charge in [0, 0.05) is 17.4 Å². The van der Waals surface area contributed by atoms with E-state index >= 15 is 0 Å². The van der Waals surface area contributed by atoms with E-state index in [-0.39, 0.29) is 4.90 Å². The van der Waals surface area contributed by atoms with Gasteiger partial charge in [0.05, 0.1) is 4.90 Å². The Bertz CT molecular complexity index is 813. The van der Waals surface area contributed by atoms with Crippen LogP contribution in [0.25, 0.3) is 0 Å². The van der Waals surface area contributed by atoms with Crippen LogP contribution < -0.4 is 10.0 Å². The first-order valence-corrected chi connectivity index (χ1v) is 9.58. The number of nitrogens with one attached hydrogen (secondary N) is 2. The second-order valence-electron chi connectivity index (χ2n) is 6.22. The second kappa shape index (κ2) is 6.81. The Balaban J connectivity index is 1.71. The fourth-order valence-electron chi connectivity index (χ4n) is 2.94. The van der Waals surface area contributed by atoms with Crippen LogP contribution in [-0.2, 0) is 10.0 Å². The average Bonchev–Trinajstić information content (AvgIpc) is 3.04. The molecular weight excluding hydrogens is 327 g/mol. The van der Waals surface area contributed by atoms with Crippen molar-refractivity contribution in [2.24, 2.45) is 0 Å². The second-order valence-corrected chi connectivity index (χ2v) is 7.90. The summed E-state index contributed by atoms with van der Waals surface area (Å²) < 4.78 is 40.6. The van der Waals surface area contributed by atoms with Crippen molar-refractivity contribution < 1.29 is 12.8 Å². The summed E-state index contributed by atoms with van der Waals surface area (Å²) in [5.41, 5.74) is 1.77. The fraction of sp³-hybridized carbons (Fsp3) is 0.333. The minimum absolute atomic E-state index is 0.0505. The third-order valence-electron chi connectivity index (χ3n) is 4.30. The number of hydrogen-bond acceptors (Lipinski definition) is 3. The van der Waals surface area contributed by atoms with Gasteiger partial charge >= 0.3 is 0 Å². The summed E-state index contributed by atoms with van der Waals surface area (Å²) in [7, 11) is -3.72. The summed E-state index contributed by atoms with van der Waals surface area (Å²) >= 11 is 0. The molecule has 0 spiro atoms. The van der Waals surface area contributed by atoms with Crippen molar-refractivity contribution in [1.82, 2.24) is 0 Å². The zero-order chi connectivity index (χ0) is 17.2. The molecule has 0 aliphatic heterocycles. The maximum atomic E-state index is 13.3. The Morgan fingerprint density at radius 1 is 1.00 bits per heavy atom. The summed E-state index contributed by atoms with van der Waals surface area (Å²) in [5, 5.41) is 3.46. The number of rotatable bonds is 5. The van der Waals surface area contributed by atoms with Crippen LogP contribution in [0.5, 0.6) is 0 Å². The van der Waals surface area contributed by atoms with Crippen molar-refractivity contribution in [3.05, 3.63) is 53.8 Å². The van der Waals surface area contributed by atoms with Crippen LogP contribution in [0.15, 0.2) is 47.4 Å². The molecule has 1 aliphatic carbocycles. The maximum absolute atomic E-state index is 13.3. The number of sulfonamides is 1. The van der Waals surface area contributed by atoms with Crippen LogP contribution in [0.3, 0.4) is 0 Å². The highest BCUT2D eigenvalue weighted by Crippen LogP contribution is 2.24. The lowest BCUT2D eigenvalue weighted by atomic mass is 10.2. The summed E-state index contributed by atoms with van der Waals surface area (Å²) in [6.45, 7) is 1.54. The number of anilines is 2. The van der Waals surface area contributed by atoms with Gasteiger partial charge in [-0.3, -0.25) is 4.72 Å². The normalized spacial score (nSPS) is 15.4. The van der Waals surface area contributed by atoms with E-state index in [0.717, 1.165) is 5.69 Å². The third-order valence-corrected chi connectivity index (χ3v) is 5.68. The maximum Gasteiger partial charge on any atom is 0.261 e. The molecule has 0 bridgehead atoms. The predicted molar refractivity (Wildman–Crippen MR) is 94.3 cm³/mol. The lowest BCUT2D eigenvalue weighted by molar-refractivity contribution is 0.598. The Morgan fingerprint density at radius 3 is 2.25 bits per heavy atom. The molecular formula is C18H21FN2O2S. The Morgan fingerprint density at radius 2 is 1.62 bits per heavy atom. The topological polar surface area (TPSA) is 58.2 Å². The van der Waals surface area contributed by atoms with Gasteiger partial charge in [-0.2, -0.15) is 0 Å². The van der Waals surface area contributed by atoms with Crippen LogP contribution in [0.1, 0.15) is 31.2 Å². The first kappa shape index (κ1) is 16.8. The van der Waals surface area contributed by atoms with Crippen molar-refractivity contribution >= 4 is 21.4 Å². The smallest absolute Gasteiger partial charge is 0.261 e. The molecule has 1 aliphatic rings. The van der Waals surface area contributed by atoms with E-state index in [2.05, 4.69) is 10.0 Å². The molecule has 0 heterocycles. The van der Waals surface area contributed by atoms with Crippen molar-refractivity contribution in [2.75, 3.05) is 10.0 Å². The van der Waals surface area contributed by atoms with Crippen LogP contribution in [0, 0.1) is 12.7 Å². The summed E-state index contributed by atoms with van der Waals surface area (Å²) in [6.07, 6.45) is 4.87. The van der Waals surface area contributed by atoms with Crippen LogP contribution in [0.2, 0.25) is 0 Å². The highest BCUT2D eigenvalue weighted by atomic mass is 32.2. The van der Waals surface area contributed by atoms with Gasteiger partial charge in [0.1, 0.15) is 5.82 Å². The number of hydrogen-bond donors (Lipinski definition) is 2. The Labute approximate surface area is 142 Å². The zero-order valence-electron chi connectivity index (χ0n) is 13.5. The van der Waals surface area contributed by atoms with Crippen molar-refractivity contribution in [1.29, 1.82) is 0 Å². The first-order valence-electron chi connectivity index (χ1n) is 8.10. The van der Waals surface area contributed by atoms with E-state index in [1.165, 1.54) is 50.8 Å². The van der Waals surface area contributed by atoms with E-state index in [4.69, 9.17) is 0 Å². The monoisotopic (exact) mass is 348 g/mol. The fourth-order valence-corrected chi connectivity index (χ4v) is 4.08. The van der Waals surface area contributed by atoms with Gasteiger partial charge in [0.15, 0.2) is 0 Å². The number of aryl methyl sites for hydroxylation is 1. The third kappa shape index (κ3) is 3.87. The Kier molecular flexibility index (Phi) is 4.76. The standard InChI is InChI=1S/C18H21FN2O2S/c1-13-12-17(10-11-18(13)19)24(22,23)21-16-8-6-15(7-9-16)20-14-4-2-3-5-14/h6-12,14,20-21H,2-5H2,1H3. The summed E-state index contributed by atoms with van der Waals surface area (Å²) in [5.74, 6) is -0.420. The number of benzene rings is 2. The van der Waals surface area contributed by atoms with Gasteiger partial charge in [-0.25, -0.2) is 12.8 Å². The van der Waals surface area contributed by atoms with E-state index in [0.29, 0.717) is 17.3 Å². The molecule has 6 heteroatoms. The Hall–Kier alpha value is -2.08. The largest absolute Gasteiger partial charge is 0.382 e. The highest BCUT2D eigenvalue weighted by Gasteiger charge is 2.16. The quantitative estimate of drug-likeness (QED) is 0.847. The molecule has 1 saturated carbocycles. The molecule has 0 radical (unpaired) electrons. The van der Waals surface area contributed by atoms with Crippen LogP contribution >= 0.6 is 0 Å². The predicted octanol–water partition coefficient (Wildman–Crippen LogP) is 4.29. The van der Waals surface area contributed by atoms with Gasteiger partial charge in [-0.1, -0.05) is 12.8 Å². The number of halogens is 1. The van der Waals surface area contributed by atoms with Gasteiger partial charge in [0.25, 0.3) is 10.0 Å². The molecule has 128 valence electrons. The van der Waals surface area contributed by atoms with Gasteiger partial charge < -0.3 is 5.32 Å². The van der Waals surface area contributed by atoms with Crippen LogP contribution in [-0.4, -0.2) is 14.5 Å². The van der Waals surface area contributed by atoms with Crippen molar-refractivity contribution in [3.63, 3.8) is 0 Å². The van der Waals surface area contributed by atoms with E-state index < -0.39 is 15.8 Å². The van der Waals surface area contributed by atoms with Crippen molar-refractivity contribution in [2.45, 2.75) is 43.5 Å². The molecule has 2 N–H and O–H groups in total. The molecule has 0 saturated heterocycles. The first-order chi connectivity index (χ1) is 11.4. The molecule has 2 aromatic carbocycles. The molecule has 24 heavy (non-hydrogen) atoms. The van der Waals surface area contributed by atoms with Gasteiger partial charge in [0.2, 0.25) is 0 Å². The van der Waals surface area contributed by atoms with Crippen LogP contribution in [0.4, 0.5) is 15.8 Å². The lowest BCUT2D eigenvalue weighted by Gasteiger charge is -2.14. The molecule has 0 aromatic heterocycles. The van der Waals surface area contributed by atoms with E-state index in [9.17, 15) is 12.8 Å². The van der Waals surface area contributed by atoms with Crippen molar-refractivity contribution in [3.8, 4) is 0 Å². The van der Waals surface area contributed by atoms with E-state index in [1.54, 1.807) is 12.1 Å². The molecule has 0 atom stereocenters. The highest BCUT2D eigenvalue weighted by molar-refractivity contribution is 7.92. The molecule has 1 fully saturated rings. The minimum atomic E-state index is -3.72. The minimum Gasteiger partial charge on any atom is -0.382 e. The molecule has 0 unspecified atom stereocenters. The molecule has 2 aromatic rings. The molecule has 3 rings (SSSR count). The zero-order valence-corrected chi connectivity index (χ0v) is 14.4. The summed E-state index contributed by atoms with van der Waals surface area (Å²) in [6, 6.07) is 11.5. The average molecular weight is 348 g/mol. The molecule has 4 nitrogen and oxygen atoms in total. The SMILES string of the molecule is Cc1cc(S(=O)(=O)Nc2ccc(NC3CCCC3)cc2)ccc1F. The van der Waals surface area contributed by atoms with E-state index in [1.807, 2.05) is 12.1 Å².